The number of nitrogens with zero attached hydrogens (tertiary/aromatic N) is 1. The first-order valence-electron chi connectivity index (χ1n) is 10.0. The number of nitrogens with one attached hydrogen (secondary N) is 1. The van der Waals surface area contributed by atoms with Crippen LogP contribution in [0.1, 0.15) is 27.0 Å². The van der Waals surface area contributed by atoms with Crippen LogP contribution in [-0.2, 0) is 4.79 Å². The molecule has 0 aliphatic carbocycles. The summed E-state index contributed by atoms with van der Waals surface area (Å²) in [4.78, 5) is 24.3. The zero-order valence-electron chi connectivity index (χ0n) is 18.4. The zero-order chi connectivity index (χ0) is 23.8. The summed E-state index contributed by atoms with van der Waals surface area (Å²) in [5, 5.41) is 4.46. The lowest BCUT2D eigenvalue weighted by Gasteiger charge is -2.10. The van der Waals surface area contributed by atoms with Crippen molar-refractivity contribution in [3.05, 3.63) is 87.9 Å². The highest BCUT2D eigenvalue weighted by Gasteiger charge is 2.13. The number of carbonyl (C=O) groups is 2. The van der Waals surface area contributed by atoms with E-state index >= 15 is 0 Å². The Kier molecular flexibility index (Phi) is 8.05. The van der Waals surface area contributed by atoms with E-state index in [0.717, 1.165) is 11.1 Å². The summed E-state index contributed by atoms with van der Waals surface area (Å²) >= 11 is 5.84. The number of halogens is 1. The van der Waals surface area contributed by atoms with Crippen LogP contribution in [0, 0.1) is 13.8 Å². The molecule has 0 saturated carbocycles. The van der Waals surface area contributed by atoms with E-state index in [2.05, 4.69) is 10.5 Å². The highest BCUT2D eigenvalue weighted by molar-refractivity contribution is 6.30. The number of benzene rings is 3. The minimum Gasteiger partial charge on any atom is -0.493 e. The Morgan fingerprint density at radius 1 is 0.970 bits per heavy atom. The SMILES string of the molecule is COc1cc(/C=N/NC(=O)COc2cc(C)cc(C)c2)ccc1OC(=O)c1ccc(Cl)cc1. The molecule has 33 heavy (non-hydrogen) atoms. The lowest BCUT2D eigenvalue weighted by molar-refractivity contribution is -0.123. The number of amides is 1. The maximum atomic E-state index is 12.3. The highest BCUT2D eigenvalue weighted by Crippen LogP contribution is 2.28. The van der Waals surface area contributed by atoms with Gasteiger partial charge in [0.2, 0.25) is 0 Å². The monoisotopic (exact) mass is 466 g/mol. The van der Waals surface area contributed by atoms with Crippen molar-refractivity contribution in [2.24, 2.45) is 5.10 Å². The molecule has 8 heteroatoms. The van der Waals surface area contributed by atoms with Crippen molar-refractivity contribution in [3.63, 3.8) is 0 Å². The molecular formula is C25H23ClN2O5. The molecule has 0 aromatic heterocycles. The number of aryl methyl sites for hydroxylation is 2. The Morgan fingerprint density at radius 2 is 1.67 bits per heavy atom. The van der Waals surface area contributed by atoms with Gasteiger partial charge in [-0.2, -0.15) is 5.10 Å². The zero-order valence-corrected chi connectivity index (χ0v) is 19.2. The topological polar surface area (TPSA) is 86.2 Å². The first-order chi connectivity index (χ1) is 15.8. The van der Waals surface area contributed by atoms with Crippen LogP contribution in [0.5, 0.6) is 17.2 Å². The maximum absolute atomic E-state index is 12.3. The number of esters is 1. The van der Waals surface area contributed by atoms with Crippen LogP contribution in [0.25, 0.3) is 0 Å². The van der Waals surface area contributed by atoms with Crippen molar-refractivity contribution in [1.82, 2.24) is 5.43 Å². The fourth-order valence-electron chi connectivity index (χ4n) is 2.97. The van der Waals surface area contributed by atoms with Gasteiger partial charge in [0.05, 0.1) is 18.9 Å². The van der Waals surface area contributed by atoms with Gasteiger partial charge in [0.15, 0.2) is 18.1 Å². The van der Waals surface area contributed by atoms with E-state index in [9.17, 15) is 9.59 Å². The molecule has 3 aromatic rings. The third kappa shape index (κ3) is 7.08. The Hall–Kier alpha value is -3.84. The molecule has 0 radical (unpaired) electrons. The summed E-state index contributed by atoms with van der Waals surface area (Å²) in [6.07, 6.45) is 1.45. The second-order valence-corrected chi connectivity index (χ2v) is 7.65. The van der Waals surface area contributed by atoms with E-state index in [1.807, 2.05) is 32.0 Å². The van der Waals surface area contributed by atoms with E-state index in [0.29, 0.717) is 27.6 Å². The van der Waals surface area contributed by atoms with Crippen LogP contribution in [0.4, 0.5) is 0 Å². The van der Waals surface area contributed by atoms with Crippen molar-refractivity contribution in [2.45, 2.75) is 13.8 Å². The number of methoxy groups -OCH3 is 1. The molecule has 0 fully saturated rings. The van der Waals surface area contributed by atoms with Gasteiger partial charge >= 0.3 is 5.97 Å². The van der Waals surface area contributed by atoms with Crippen molar-refractivity contribution in [2.75, 3.05) is 13.7 Å². The minimum absolute atomic E-state index is 0.164. The van der Waals surface area contributed by atoms with Crippen molar-refractivity contribution >= 4 is 29.7 Å². The van der Waals surface area contributed by atoms with Crippen LogP contribution in [0.3, 0.4) is 0 Å². The van der Waals surface area contributed by atoms with Gasteiger partial charge in [-0.15, -0.1) is 0 Å². The molecule has 7 nitrogen and oxygen atoms in total. The Labute approximate surface area is 196 Å². The van der Waals surface area contributed by atoms with Gasteiger partial charge in [0, 0.05) is 5.02 Å². The lowest BCUT2D eigenvalue weighted by Crippen LogP contribution is -2.24. The molecule has 3 rings (SSSR count). The summed E-state index contributed by atoms with van der Waals surface area (Å²) in [5.41, 5.74) is 5.51. The molecule has 0 bridgehead atoms. The molecule has 0 atom stereocenters. The van der Waals surface area contributed by atoms with Gasteiger partial charge in [-0.05, 0) is 85.1 Å². The predicted octanol–water partition coefficient (Wildman–Crippen LogP) is 4.71. The van der Waals surface area contributed by atoms with E-state index in [1.165, 1.54) is 13.3 Å². The Bertz CT molecular complexity index is 1160. The van der Waals surface area contributed by atoms with Gasteiger partial charge in [0.25, 0.3) is 5.91 Å². The number of hydrazone groups is 1. The van der Waals surface area contributed by atoms with E-state index in [-0.39, 0.29) is 12.4 Å². The molecule has 0 saturated heterocycles. The van der Waals surface area contributed by atoms with Crippen molar-refractivity contribution < 1.29 is 23.8 Å². The fraction of sp³-hybridized carbons (Fsp3) is 0.160. The second kappa shape index (κ2) is 11.2. The lowest BCUT2D eigenvalue weighted by atomic mass is 10.1. The molecule has 1 amide bonds. The standard InChI is InChI=1S/C25H23ClN2O5/c1-16-10-17(2)12-21(11-16)32-15-24(29)28-27-14-18-4-9-22(23(13-18)31-3)33-25(30)19-5-7-20(26)8-6-19/h4-14H,15H2,1-3H3,(H,28,29)/b27-14+. The van der Waals surface area contributed by atoms with Crippen LogP contribution >= 0.6 is 11.6 Å². The summed E-state index contributed by atoms with van der Waals surface area (Å²) in [5.74, 6) is 0.277. The first-order valence-corrected chi connectivity index (χ1v) is 10.4. The smallest absolute Gasteiger partial charge is 0.343 e. The molecule has 3 aromatic carbocycles. The van der Waals surface area contributed by atoms with Crippen LogP contribution in [0.2, 0.25) is 5.02 Å². The third-order valence-electron chi connectivity index (χ3n) is 4.44. The average Bonchev–Trinajstić information content (AvgIpc) is 2.78. The third-order valence-corrected chi connectivity index (χ3v) is 4.69. The average molecular weight is 467 g/mol. The van der Waals surface area contributed by atoms with Crippen LogP contribution in [-0.4, -0.2) is 31.8 Å². The van der Waals surface area contributed by atoms with Crippen molar-refractivity contribution in [1.29, 1.82) is 0 Å². The molecule has 1 N–H and O–H groups in total. The first kappa shape index (κ1) is 23.8. The van der Waals surface area contributed by atoms with E-state index in [1.54, 1.807) is 42.5 Å². The van der Waals surface area contributed by atoms with Crippen LogP contribution in [0.15, 0.2) is 65.8 Å². The Morgan fingerprint density at radius 3 is 2.33 bits per heavy atom. The summed E-state index contributed by atoms with van der Waals surface area (Å²) in [6.45, 7) is 3.76. The van der Waals surface area contributed by atoms with Gasteiger partial charge < -0.3 is 14.2 Å². The van der Waals surface area contributed by atoms with Gasteiger partial charge in [-0.3, -0.25) is 4.79 Å². The van der Waals surface area contributed by atoms with Gasteiger partial charge in [0.1, 0.15) is 5.75 Å². The second-order valence-electron chi connectivity index (χ2n) is 7.21. The quantitative estimate of drug-likeness (QED) is 0.225. The number of hydrogen-bond acceptors (Lipinski definition) is 6. The predicted molar refractivity (Wildman–Crippen MR) is 127 cm³/mol. The van der Waals surface area contributed by atoms with Gasteiger partial charge in [-0.1, -0.05) is 17.7 Å². The molecule has 0 aliphatic heterocycles. The summed E-state index contributed by atoms with van der Waals surface area (Å²) < 4.78 is 16.2. The van der Waals surface area contributed by atoms with Gasteiger partial charge in [-0.25, -0.2) is 10.2 Å². The molecule has 0 aliphatic rings. The molecule has 0 spiro atoms. The number of rotatable bonds is 8. The molecule has 0 unspecified atom stereocenters. The largest absolute Gasteiger partial charge is 0.493 e. The maximum Gasteiger partial charge on any atom is 0.343 e. The highest BCUT2D eigenvalue weighted by atomic mass is 35.5. The summed E-state index contributed by atoms with van der Waals surface area (Å²) in [7, 11) is 1.46. The normalized spacial score (nSPS) is 10.7. The number of carbonyl (C=O) groups excluding carboxylic acids is 2. The van der Waals surface area contributed by atoms with E-state index < -0.39 is 11.9 Å². The molecule has 170 valence electrons. The Balaban J connectivity index is 1.56. The number of ether oxygens (including phenoxy) is 3. The molecule has 0 heterocycles. The number of hydrogen-bond donors (Lipinski definition) is 1. The van der Waals surface area contributed by atoms with E-state index in [4.69, 9.17) is 25.8 Å². The summed E-state index contributed by atoms with van der Waals surface area (Å²) in [6, 6.07) is 17.0. The minimum atomic E-state index is -0.539. The molecular weight excluding hydrogens is 444 g/mol. The van der Waals surface area contributed by atoms with Crippen LogP contribution < -0.4 is 19.6 Å². The fourth-order valence-corrected chi connectivity index (χ4v) is 3.10. The van der Waals surface area contributed by atoms with Crippen molar-refractivity contribution in [3.8, 4) is 17.2 Å².